The summed E-state index contributed by atoms with van der Waals surface area (Å²) in [5.41, 5.74) is 3.56. The highest BCUT2D eigenvalue weighted by Gasteiger charge is 2.23. The third-order valence-corrected chi connectivity index (χ3v) is 6.69. The van der Waals surface area contributed by atoms with E-state index in [4.69, 9.17) is 14.6 Å². The number of anilines is 1. The van der Waals surface area contributed by atoms with Crippen molar-refractivity contribution in [2.75, 3.05) is 45.3 Å². The molecule has 3 heterocycles. The summed E-state index contributed by atoms with van der Waals surface area (Å²) in [7, 11) is 3.29. The lowest BCUT2D eigenvalue weighted by Gasteiger charge is -2.35. The van der Waals surface area contributed by atoms with Gasteiger partial charge in [-0.05, 0) is 54.4 Å². The number of benzene rings is 2. The Morgan fingerprint density at radius 1 is 0.919 bits per heavy atom. The molecule has 4 aromatic rings. The van der Waals surface area contributed by atoms with Gasteiger partial charge >= 0.3 is 0 Å². The van der Waals surface area contributed by atoms with Crippen molar-refractivity contribution < 1.29 is 14.3 Å². The molecule has 0 saturated carbocycles. The maximum Gasteiger partial charge on any atom is 0.223 e. The highest BCUT2D eigenvalue weighted by molar-refractivity contribution is 5.78. The summed E-state index contributed by atoms with van der Waals surface area (Å²) in [6.07, 6.45) is 4.79. The first-order chi connectivity index (χ1) is 18.2. The topological polar surface area (TPSA) is 72.7 Å². The number of ether oxygens (including phenoxy) is 2. The van der Waals surface area contributed by atoms with Crippen LogP contribution in [0.15, 0.2) is 79.1 Å². The molecule has 8 nitrogen and oxygen atoms in total. The van der Waals surface area contributed by atoms with Crippen LogP contribution < -0.4 is 14.4 Å². The first-order valence-electron chi connectivity index (χ1n) is 12.5. The van der Waals surface area contributed by atoms with E-state index >= 15 is 0 Å². The summed E-state index contributed by atoms with van der Waals surface area (Å²) in [6.45, 7) is 2.94. The Morgan fingerprint density at radius 3 is 2.41 bits per heavy atom. The van der Waals surface area contributed by atoms with Gasteiger partial charge in [0.1, 0.15) is 17.3 Å². The summed E-state index contributed by atoms with van der Waals surface area (Å²) < 4.78 is 13.0. The molecule has 2 aromatic heterocycles. The maximum atomic E-state index is 13.2. The number of carbonyl (C=O) groups excluding carboxylic acids is 1. The standard InChI is InChI=1S/C29H31N5O3/c1-36-24-12-13-26(37-2)25(20-24)29-22(21-34(31-29)23-8-4-3-5-9-23)11-14-28(35)33-18-16-32(17-19-33)27-10-6-7-15-30-27/h3-10,12-13,15,20-21H,11,14,16-19H2,1-2H3. The van der Waals surface area contributed by atoms with Crippen LogP contribution in [0.3, 0.4) is 0 Å². The fraction of sp³-hybridized carbons (Fsp3) is 0.276. The van der Waals surface area contributed by atoms with E-state index in [1.165, 1.54) is 0 Å². The Kier molecular flexibility index (Phi) is 7.35. The monoisotopic (exact) mass is 497 g/mol. The van der Waals surface area contributed by atoms with Gasteiger partial charge in [-0.15, -0.1) is 0 Å². The Balaban J connectivity index is 1.35. The van der Waals surface area contributed by atoms with Gasteiger partial charge in [-0.3, -0.25) is 4.79 Å². The van der Waals surface area contributed by atoms with Gasteiger partial charge in [-0.25, -0.2) is 9.67 Å². The summed E-state index contributed by atoms with van der Waals surface area (Å²) in [4.78, 5) is 21.8. The van der Waals surface area contributed by atoms with Crippen molar-refractivity contribution in [3.8, 4) is 28.4 Å². The number of piperazine rings is 1. The van der Waals surface area contributed by atoms with Gasteiger partial charge in [-0.1, -0.05) is 24.3 Å². The van der Waals surface area contributed by atoms with Crippen molar-refractivity contribution in [2.45, 2.75) is 12.8 Å². The number of methoxy groups -OCH3 is 2. The second-order valence-electron chi connectivity index (χ2n) is 8.91. The van der Waals surface area contributed by atoms with Crippen molar-refractivity contribution in [1.29, 1.82) is 0 Å². The van der Waals surface area contributed by atoms with Gasteiger partial charge in [0, 0.05) is 50.6 Å². The molecule has 1 aliphatic heterocycles. The molecule has 0 bridgehead atoms. The molecule has 2 aromatic carbocycles. The quantitative estimate of drug-likeness (QED) is 0.363. The molecule has 37 heavy (non-hydrogen) atoms. The molecule has 190 valence electrons. The summed E-state index contributed by atoms with van der Waals surface area (Å²) in [6, 6.07) is 21.6. The molecule has 1 amide bonds. The fourth-order valence-corrected chi connectivity index (χ4v) is 4.66. The molecular weight excluding hydrogens is 466 g/mol. The predicted molar refractivity (Wildman–Crippen MR) is 143 cm³/mol. The van der Waals surface area contributed by atoms with Gasteiger partial charge in [0.25, 0.3) is 0 Å². The van der Waals surface area contributed by atoms with Crippen molar-refractivity contribution in [1.82, 2.24) is 19.7 Å². The second-order valence-corrected chi connectivity index (χ2v) is 8.91. The molecule has 0 aliphatic carbocycles. The molecule has 0 radical (unpaired) electrons. The van der Waals surface area contributed by atoms with Gasteiger partial charge in [0.15, 0.2) is 0 Å². The number of nitrogens with zero attached hydrogens (tertiary/aromatic N) is 5. The second kappa shape index (κ2) is 11.2. The first kappa shape index (κ1) is 24.4. The van der Waals surface area contributed by atoms with Crippen molar-refractivity contribution in [2.24, 2.45) is 0 Å². The minimum absolute atomic E-state index is 0.150. The van der Waals surface area contributed by atoms with Gasteiger partial charge in [0.2, 0.25) is 5.91 Å². The number of hydrogen-bond acceptors (Lipinski definition) is 6. The molecule has 8 heteroatoms. The largest absolute Gasteiger partial charge is 0.497 e. The normalized spacial score (nSPS) is 13.5. The lowest BCUT2D eigenvalue weighted by atomic mass is 10.0. The van der Waals surface area contributed by atoms with E-state index in [0.29, 0.717) is 31.7 Å². The highest BCUT2D eigenvalue weighted by Crippen LogP contribution is 2.35. The number of aryl methyl sites for hydroxylation is 1. The highest BCUT2D eigenvalue weighted by atomic mass is 16.5. The fourth-order valence-electron chi connectivity index (χ4n) is 4.66. The number of rotatable bonds is 8. The van der Waals surface area contributed by atoms with E-state index < -0.39 is 0 Å². The molecule has 5 rings (SSSR count). The Labute approximate surface area is 217 Å². The number of pyridine rings is 1. The molecule has 1 fully saturated rings. The van der Waals surface area contributed by atoms with Crippen LogP contribution in [0.4, 0.5) is 5.82 Å². The third kappa shape index (κ3) is 5.43. The van der Waals surface area contributed by atoms with Crippen LogP contribution >= 0.6 is 0 Å². The van der Waals surface area contributed by atoms with Crippen LogP contribution in [-0.2, 0) is 11.2 Å². The molecule has 1 saturated heterocycles. The number of aromatic nitrogens is 3. The summed E-state index contributed by atoms with van der Waals surface area (Å²) in [5, 5.41) is 4.91. The zero-order valence-electron chi connectivity index (χ0n) is 21.2. The van der Waals surface area contributed by atoms with E-state index in [0.717, 1.165) is 47.2 Å². The van der Waals surface area contributed by atoms with Crippen LogP contribution in [0.2, 0.25) is 0 Å². The lowest BCUT2D eigenvalue weighted by Crippen LogP contribution is -2.49. The molecule has 0 atom stereocenters. The predicted octanol–water partition coefficient (Wildman–Crippen LogP) is 4.23. The van der Waals surface area contributed by atoms with Gasteiger partial charge in [-0.2, -0.15) is 5.10 Å². The van der Waals surface area contributed by atoms with E-state index in [-0.39, 0.29) is 5.91 Å². The average Bonchev–Trinajstić information content (AvgIpc) is 3.40. The smallest absolute Gasteiger partial charge is 0.223 e. The van der Waals surface area contributed by atoms with E-state index in [9.17, 15) is 4.79 Å². The number of amides is 1. The maximum absolute atomic E-state index is 13.2. The minimum Gasteiger partial charge on any atom is -0.497 e. The molecular formula is C29H31N5O3. The van der Waals surface area contributed by atoms with Crippen molar-refractivity contribution in [3.63, 3.8) is 0 Å². The van der Waals surface area contributed by atoms with Crippen LogP contribution in [0.5, 0.6) is 11.5 Å². The summed E-state index contributed by atoms with van der Waals surface area (Å²) >= 11 is 0. The van der Waals surface area contributed by atoms with E-state index in [2.05, 4.69) is 9.88 Å². The molecule has 0 N–H and O–H groups in total. The number of carbonyl (C=O) groups is 1. The number of para-hydroxylation sites is 1. The van der Waals surface area contributed by atoms with Crippen LogP contribution in [0.25, 0.3) is 16.9 Å². The van der Waals surface area contributed by atoms with Crippen molar-refractivity contribution in [3.05, 3.63) is 84.7 Å². The summed E-state index contributed by atoms with van der Waals surface area (Å²) in [5.74, 6) is 2.53. The number of hydrogen-bond donors (Lipinski definition) is 0. The SMILES string of the molecule is COc1ccc(OC)c(-c2nn(-c3ccccc3)cc2CCC(=O)N2CCN(c3ccccn3)CC2)c1. The van der Waals surface area contributed by atoms with Gasteiger partial charge < -0.3 is 19.3 Å². The minimum atomic E-state index is 0.150. The Morgan fingerprint density at radius 2 is 1.70 bits per heavy atom. The molecule has 1 aliphatic rings. The zero-order valence-corrected chi connectivity index (χ0v) is 21.2. The van der Waals surface area contributed by atoms with E-state index in [1.807, 2.05) is 82.5 Å². The zero-order chi connectivity index (χ0) is 25.6. The molecule has 0 spiro atoms. The van der Waals surface area contributed by atoms with Crippen LogP contribution in [0.1, 0.15) is 12.0 Å². The average molecular weight is 498 g/mol. The first-order valence-corrected chi connectivity index (χ1v) is 12.5. The van der Waals surface area contributed by atoms with Crippen molar-refractivity contribution >= 4 is 11.7 Å². The Bertz CT molecular complexity index is 1330. The molecule has 0 unspecified atom stereocenters. The van der Waals surface area contributed by atoms with Gasteiger partial charge in [0.05, 0.1) is 25.6 Å². The van der Waals surface area contributed by atoms with E-state index in [1.54, 1.807) is 20.4 Å². The van der Waals surface area contributed by atoms with Crippen LogP contribution in [0, 0.1) is 0 Å². The lowest BCUT2D eigenvalue weighted by molar-refractivity contribution is -0.131. The van der Waals surface area contributed by atoms with Crippen LogP contribution in [-0.4, -0.2) is 66.0 Å². The Hall–Kier alpha value is -4.33. The third-order valence-electron chi connectivity index (χ3n) is 6.69.